The van der Waals surface area contributed by atoms with Crippen LogP contribution in [0.4, 0.5) is 4.79 Å². The zero-order valence-electron chi connectivity index (χ0n) is 22.3. The van der Waals surface area contributed by atoms with Crippen molar-refractivity contribution < 1.29 is 23.8 Å². The molecule has 2 atom stereocenters. The second kappa shape index (κ2) is 11.6. The summed E-state index contributed by atoms with van der Waals surface area (Å²) in [4.78, 5) is 28.0. The summed E-state index contributed by atoms with van der Waals surface area (Å²) in [6.07, 6.45) is 1.82. The summed E-state index contributed by atoms with van der Waals surface area (Å²) >= 11 is 0. The third kappa shape index (κ3) is 8.21. The van der Waals surface area contributed by atoms with Crippen molar-refractivity contribution in [1.82, 2.24) is 10.2 Å². The van der Waals surface area contributed by atoms with Crippen LogP contribution < -0.4 is 5.32 Å². The van der Waals surface area contributed by atoms with Crippen LogP contribution in [0.5, 0.6) is 0 Å². The van der Waals surface area contributed by atoms with Gasteiger partial charge in [-0.3, -0.25) is 4.79 Å². The molecule has 1 saturated heterocycles. The van der Waals surface area contributed by atoms with E-state index < -0.39 is 23.8 Å². The summed E-state index contributed by atoms with van der Waals surface area (Å²) in [5.41, 5.74) is -0.430. The second-order valence-corrected chi connectivity index (χ2v) is 11.9. The van der Waals surface area contributed by atoms with Crippen molar-refractivity contribution in [3.05, 3.63) is 35.9 Å². The molecule has 1 heterocycles. The highest BCUT2D eigenvalue weighted by Gasteiger charge is 2.42. The fraction of sp³-hybridized carbons (Fsp3) is 0.679. The number of carbonyl (C=O) groups is 2. The smallest absolute Gasteiger partial charge is 0.410 e. The van der Waals surface area contributed by atoms with Crippen LogP contribution in [-0.2, 0) is 25.6 Å². The number of rotatable bonds is 8. The lowest BCUT2D eigenvalue weighted by molar-refractivity contribution is -0.140. The first kappa shape index (κ1) is 27.9. The Morgan fingerprint density at radius 3 is 2.36 bits per heavy atom. The maximum Gasteiger partial charge on any atom is 0.410 e. The van der Waals surface area contributed by atoms with Gasteiger partial charge >= 0.3 is 6.09 Å². The molecule has 8 heteroatoms. The lowest BCUT2D eigenvalue weighted by atomic mass is 9.60. The van der Waals surface area contributed by atoms with Gasteiger partial charge in [-0.1, -0.05) is 58.0 Å². The van der Waals surface area contributed by atoms with Crippen molar-refractivity contribution in [1.29, 1.82) is 5.26 Å². The van der Waals surface area contributed by atoms with Gasteiger partial charge in [0, 0.05) is 13.1 Å². The molecule has 1 aliphatic heterocycles. The van der Waals surface area contributed by atoms with E-state index in [1.54, 1.807) is 4.90 Å². The number of carbonyl (C=O) groups excluding carboxylic acids is 2. The minimum absolute atomic E-state index is 0.127. The van der Waals surface area contributed by atoms with Gasteiger partial charge in [-0.2, -0.15) is 5.26 Å². The Labute approximate surface area is 215 Å². The van der Waals surface area contributed by atoms with E-state index in [0.29, 0.717) is 32.7 Å². The number of morpholine rings is 1. The van der Waals surface area contributed by atoms with Crippen molar-refractivity contribution in [3.8, 4) is 6.07 Å². The molecule has 0 aromatic heterocycles. The van der Waals surface area contributed by atoms with E-state index in [9.17, 15) is 14.9 Å². The van der Waals surface area contributed by atoms with Gasteiger partial charge in [0.25, 0.3) is 5.91 Å². The Morgan fingerprint density at radius 2 is 1.78 bits per heavy atom. The standard InChI is InChI=1S/C28H41N3O5/c1-26(2)16-22(17-27(3,4)19-26)15-23(36-25(33)31-11-13-34-14-12-31)24(32)30-28(5,20-29)35-18-21-9-7-6-8-10-21/h6-10,22-23H,11-19H2,1-5H3,(H,30,32). The first-order valence-corrected chi connectivity index (χ1v) is 12.8. The predicted octanol–water partition coefficient (Wildman–Crippen LogP) is 4.64. The van der Waals surface area contributed by atoms with E-state index in [1.807, 2.05) is 30.3 Å². The van der Waals surface area contributed by atoms with Gasteiger partial charge in [0.1, 0.15) is 6.07 Å². The quantitative estimate of drug-likeness (QED) is 0.523. The van der Waals surface area contributed by atoms with Crippen LogP contribution in [0.25, 0.3) is 0 Å². The Bertz CT molecular complexity index is 920. The summed E-state index contributed by atoms with van der Waals surface area (Å²) in [6, 6.07) is 11.5. The minimum Gasteiger partial charge on any atom is -0.436 e. The Hall–Kier alpha value is -2.63. The van der Waals surface area contributed by atoms with Gasteiger partial charge in [-0.05, 0) is 54.9 Å². The molecule has 2 aliphatic rings. The van der Waals surface area contributed by atoms with E-state index >= 15 is 0 Å². The van der Waals surface area contributed by atoms with Gasteiger partial charge in [-0.15, -0.1) is 0 Å². The monoisotopic (exact) mass is 499 g/mol. The molecule has 1 aromatic carbocycles. The van der Waals surface area contributed by atoms with Gasteiger partial charge < -0.3 is 24.4 Å². The molecule has 2 unspecified atom stereocenters. The summed E-state index contributed by atoms with van der Waals surface area (Å²) in [5, 5.41) is 12.5. The number of hydrogen-bond acceptors (Lipinski definition) is 6. The first-order chi connectivity index (χ1) is 16.9. The van der Waals surface area contributed by atoms with Crippen LogP contribution in [0.3, 0.4) is 0 Å². The van der Waals surface area contributed by atoms with Crippen LogP contribution >= 0.6 is 0 Å². The largest absolute Gasteiger partial charge is 0.436 e. The molecule has 198 valence electrons. The number of nitrogens with one attached hydrogen (secondary N) is 1. The Kier molecular flexibility index (Phi) is 9.02. The highest BCUT2D eigenvalue weighted by Crippen LogP contribution is 2.49. The molecule has 1 saturated carbocycles. The molecule has 2 amide bonds. The molecule has 1 aliphatic carbocycles. The third-order valence-corrected chi connectivity index (χ3v) is 6.94. The normalized spacial score (nSPS) is 22.1. The summed E-state index contributed by atoms with van der Waals surface area (Å²) in [5.74, 6) is -0.314. The molecule has 36 heavy (non-hydrogen) atoms. The number of amides is 2. The molecule has 0 bridgehead atoms. The molecule has 8 nitrogen and oxygen atoms in total. The lowest BCUT2D eigenvalue weighted by Crippen LogP contribution is -2.53. The lowest BCUT2D eigenvalue weighted by Gasteiger charge is -2.45. The zero-order valence-corrected chi connectivity index (χ0v) is 22.3. The molecule has 1 N–H and O–H groups in total. The van der Waals surface area contributed by atoms with Crippen LogP contribution in [0.1, 0.15) is 65.9 Å². The number of benzene rings is 1. The van der Waals surface area contributed by atoms with Crippen molar-refractivity contribution >= 4 is 12.0 Å². The fourth-order valence-electron chi connectivity index (χ4n) is 5.91. The van der Waals surface area contributed by atoms with Crippen molar-refractivity contribution in [2.24, 2.45) is 16.7 Å². The minimum atomic E-state index is -1.57. The van der Waals surface area contributed by atoms with Gasteiger partial charge in [0.2, 0.25) is 5.72 Å². The SMILES string of the molecule is CC1(C)CC(CC(OC(=O)N2CCOCC2)C(=O)NC(C)(C#N)OCc2ccccc2)CC(C)(C)C1. The van der Waals surface area contributed by atoms with E-state index in [0.717, 1.165) is 24.8 Å². The number of nitrogens with zero attached hydrogens (tertiary/aromatic N) is 2. The Balaban J connectivity index is 1.73. The van der Waals surface area contributed by atoms with E-state index in [2.05, 4.69) is 39.1 Å². The van der Waals surface area contributed by atoms with Crippen molar-refractivity contribution in [3.63, 3.8) is 0 Å². The highest BCUT2D eigenvalue weighted by atomic mass is 16.6. The van der Waals surface area contributed by atoms with E-state index in [1.165, 1.54) is 6.92 Å². The molecule has 2 fully saturated rings. The highest BCUT2D eigenvalue weighted by molar-refractivity contribution is 5.84. The number of ether oxygens (including phenoxy) is 3. The number of nitriles is 1. The van der Waals surface area contributed by atoms with Crippen LogP contribution in [0.15, 0.2) is 30.3 Å². The van der Waals surface area contributed by atoms with Crippen LogP contribution in [0.2, 0.25) is 0 Å². The summed E-state index contributed by atoms with van der Waals surface area (Å²) < 4.78 is 16.9. The zero-order chi connectivity index (χ0) is 26.4. The fourth-order valence-corrected chi connectivity index (χ4v) is 5.91. The molecule has 0 spiro atoms. The maximum atomic E-state index is 13.5. The molecule has 1 aromatic rings. The molecule has 3 rings (SSSR count). The number of hydrogen-bond donors (Lipinski definition) is 1. The summed E-state index contributed by atoms with van der Waals surface area (Å²) in [7, 11) is 0. The average Bonchev–Trinajstić information content (AvgIpc) is 2.81. The third-order valence-electron chi connectivity index (χ3n) is 6.94. The average molecular weight is 500 g/mol. The van der Waals surface area contributed by atoms with E-state index in [4.69, 9.17) is 14.2 Å². The van der Waals surface area contributed by atoms with E-state index in [-0.39, 0.29) is 23.4 Å². The van der Waals surface area contributed by atoms with Crippen LogP contribution in [-0.4, -0.2) is 55.0 Å². The van der Waals surface area contributed by atoms with Gasteiger partial charge in [-0.25, -0.2) is 4.79 Å². The van der Waals surface area contributed by atoms with Gasteiger partial charge in [0.05, 0.1) is 19.8 Å². The Morgan fingerprint density at radius 1 is 1.17 bits per heavy atom. The summed E-state index contributed by atoms with van der Waals surface area (Å²) in [6.45, 7) is 12.4. The topological polar surface area (TPSA) is 101 Å². The molecular weight excluding hydrogens is 458 g/mol. The molecule has 0 radical (unpaired) electrons. The first-order valence-electron chi connectivity index (χ1n) is 12.8. The second-order valence-electron chi connectivity index (χ2n) is 11.9. The maximum absolute atomic E-state index is 13.5. The van der Waals surface area contributed by atoms with Crippen molar-refractivity contribution in [2.75, 3.05) is 26.3 Å². The van der Waals surface area contributed by atoms with Gasteiger partial charge in [0.15, 0.2) is 6.10 Å². The predicted molar refractivity (Wildman–Crippen MR) is 136 cm³/mol. The van der Waals surface area contributed by atoms with Crippen LogP contribution in [0, 0.1) is 28.1 Å². The molecular formula is C28H41N3O5. The van der Waals surface area contributed by atoms with Crippen molar-refractivity contribution in [2.45, 2.75) is 78.7 Å².